The maximum absolute atomic E-state index is 3.28. The fourth-order valence-corrected chi connectivity index (χ4v) is 1.34. The van der Waals surface area contributed by atoms with Gasteiger partial charge in [0.05, 0.1) is 0 Å². The number of rotatable bonds is 3. The van der Waals surface area contributed by atoms with Crippen molar-refractivity contribution in [3.8, 4) is 0 Å². The molecule has 62 valence electrons. The van der Waals surface area contributed by atoms with Crippen LogP contribution in [0.25, 0.3) is 0 Å². The van der Waals surface area contributed by atoms with Crippen molar-refractivity contribution in [2.75, 3.05) is 0 Å². The van der Waals surface area contributed by atoms with E-state index in [1.165, 1.54) is 18.5 Å². The van der Waals surface area contributed by atoms with Gasteiger partial charge in [-0.05, 0) is 25.0 Å². The summed E-state index contributed by atoms with van der Waals surface area (Å²) in [6.07, 6.45) is 4.40. The largest absolute Gasteiger partial charge is 0.365 e. The summed E-state index contributed by atoms with van der Waals surface area (Å²) in [4.78, 5) is 3.28. The van der Waals surface area contributed by atoms with E-state index in [0.717, 1.165) is 0 Å². The quantitative estimate of drug-likeness (QED) is 0.683. The van der Waals surface area contributed by atoms with Gasteiger partial charge >= 0.3 is 0 Å². The molecule has 1 heterocycles. The molecule has 0 amide bonds. The Morgan fingerprint density at radius 3 is 2.36 bits per heavy atom. The van der Waals surface area contributed by atoms with Crippen molar-refractivity contribution >= 4 is 0 Å². The number of H-pyrrole nitrogens is 1. The summed E-state index contributed by atoms with van der Waals surface area (Å²) in [6.45, 7) is 6.79. The summed E-state index contributed by atoms with van der Waals surface area (Å²) in [6, 6.07) is 4.24. The van der Waals surface area contributed by atoms with E-state index in [4.69, 9.17) is 0 Å². The molecular weight excluding hydrogens is 134 g/mol. The Hall–Kier alpha value is -0.720. The molecule has 0 fully saturated rings. The summed E-state index contributed by atoms with van der Waals surface area (Å²) in [7, 11) is 0. The van der Waals surface area contributed by atoms with Gasteiger partial charge in [-0.25, -0.2) is 0 Å². The molecule has 0 bridgehead atoms. The zero-order chi connectivity index (χ0) is 8.32. The van der Waals surface area contributed by atoms with Crippen LogP contribution in [0.5, 0.6) is 0 Å². The normalized spacial score (nSPS) is 11.9. The fourth-order valence-electron chi connectivity index (χ4n) is 1.34. The summed E-state index contributed by atoms with van der Waals surface area (Å²) in [5.41, 5.74) is 1.71. The van der Waals surface area contributed by atoms with Gasteiger partial charge in [0.1, 0.15) is 0 Å². The zero-order valence-electron chi connectivity index (χ0n) is 7.65. The lowest BCUT2D eigenvalue weighted by molar-refractivity contribution is 0.428. The first kappa shape index (κ1) is 8.38. The van der Waals surface area contributed by atoms with Gasteiger partial charge < -0.3 is 4.98 Å². The molecule has 0 aliphatic carbocycles. The van der Waals surface area contributed by atoms with Gasteiger partial charge in [-0.3, -0.25) is 0 Å². The Bertz CT molecular complexity index is 195. The van der Waals surface area contributed by atoms with Crippen molar-refractivity contribution in [3.05, 3.63) is 24.0 Å². The SMILES string of the molecule is CCC(C)(CC)c1ccc[nH]1. The monoisotopic (exact) mass is 151 g/mol. The lowest BCUT2D eigenvalue weighted by Gasteiger charge is -2.25. The zero-order valence-corrected chi connectivity index (χ0v) is 7.65. The molecule has 0 aliphatic heterocycles. The van der Waals surface area contributed by atoms with E-state index in [1.54, 1.807) is 0 Å². The van der Waals surface area contributed by atoms with E-state index in [9.17, 15) is 0 Å². The van der Waals surface area contributed by atoms with E-state index in [-0.39, 0.29) is 0 Å². The van der Waals surface area contributed by atoms with Crippen LogP contribution < -0.4 is 0 Å². The van der Waals surface area contributed by atoms with E-state index < -0.39 is 0 Å². The molecule has 1 N–H and O–H groups in total. The highest BCUT2D eigenvalue weighted by molar-refractivity contribution is 5.15. The molecule has 1 heteroatoms. The smallest absolute Gasteiger partial charge is 0.0207 e. The van der Waals surface area contributed by atoms with Crippen molar-refractivity contribution in [2.24, 2.45) is 0 Å². The van der Waals surface area contributed by atoms with Crippen LogP contribution in [0, 0.1) is 0 Å². The molecule has 0 saturated heterocycles. The molecule has 0 unspecified atom stereocenters. The predicted octanol–water partition coefficient (Wildman–Crippen LogP) is 3.09. The van der Waals surface area contributed by atoms with E-state index >= 15 is 0 Å². The number of aromatic nitrogens is 1. The molecule has 0 aromatic carbocycles. The molecule has 1 aromatic rings. The highest BCUT2D eigenvalue weighted by Gasteiger charge is 2.22. The Morgan fingerprint density at radius 1 is 1.36 bits per heavy atom. The van der Waals surface area contributed by atoms with Crippen LogP contribution in [0.1, 0.15) is 39.3 Å². The van der Waals surface area contributed by atoms with Gasteiger partial charge in [0.25, 0.3) is 0 Å². The minimum atomic E-state index is 0.351. The number of hydrogen-bond donors (Lipinski definition) is 1. The first-order chi connectivity index (χ1) is 5.23. The van der Waals surface area contributed by atoms with Crippen molar-refractivity contribution < 1.29 is 0 Å². The van der Waals surface area contributed by atoms with Gasteiger partial charge in [0, 0.05) is 17.3 Å². The van der Waals surface area contributed by atoms with Crippen molar-refractivity contribution in [1.29, 1.82) is 0 Å². The van der Waals surface area contributed by atoms with Gasteiger partial charge in [-0.1, -0.05) is 20.8 Å². The average molecular weight is 151 g/mol. The van der Waals surface area contributed by atoms with Crippen LogP contribution in [-0.4, -0.2) is 4.98 Å². The van der Waals surface area contributed by atoms with Gasteiger partial charge in [-0.15, -0.1) is 0 Å². The summed E-state index contributed by atoms with van der Waals surface area (Å²) in [5.74, 6) is 0. The molecular formula is C10H17N. The molecule has 0 radical (unpaired) electrons. The molecule has 1 nitrogen and oxygen atoms in total. The van der Waals surface area contributed by atoms with Gasteiger partial charge in [0.15, 0.2) is 0 Å². The summed E-state index contributed by atoms with van der Waals surface area (Å²) in [5, 5.41) is 0. The summed E-state index contributed by atoms with van der Waals surface area (Å²) >= 11 is 0. The average Bonchev–Trinajstić information content (AvgIpc) is 2.55. The lowest BCUT2D eigenvalue weighted by atomic mass is 9.82. The van der Waals surface area contributed by atoms with E-state index in [0.29, 0.717) is 5.41 Å². The second-order valence-electron chi connectivity index (χ2n) is 3.35. The van der Waals surface area contributed by atoms with Crippen molar-refractivity contribution in [2.45, 2.75) is 39.0 Å². The van der Waals surface area contributed by atoms with Crippen LogP contribution >= 0.6 is 0 Å². The Balaban J connectivity index is 2.87. The molecule has 0 spiro atoms. The molecule has 1 rings (SSSR count). The van der Waals surface area contributed by atoms with Crippen molar-refractivity contribution in [1.82, 2.24) is 4.98 Å². The minimum Gasteiger partial charge on any atom is -0.365 e. The minimum absolute atomic E-state index is 0.351. The Labute approximate surface area is 68.8 Å². The van der Waals surface area contributed by atoms with E-state index in [1.807, 2.05) is 6.20 Å². The number of nitrogens with one attached hydrogen (secondary N) is 1. The van der Waals surface area contributed by atoms with E-state index in [2.05, 4.69) is 37.9 Å². The van der Waals surface area contributed by atoms with Crippen LogP contribution in [0.2, 0.25) is 0 Å². The number of aromatic amines is 1. The predicted molar refractivity (Wildman–Crippen MR) is 48.7 cm³/mol. The second kappa shape index (κ2) is 3.12. The van der Waals surface area contributed by atoms with Crippen LogP contribution in [0.15, 0.2) is 18.3 Å². The van der Waals surface area contributed by atoms with Crippen LogP contribution in [-0.2, 0) is 5.41 Å². The first-order valence-electron chi connectivity index (χ1n) is 4.37. The van der Waals surface area contributed by atoms with Crippen LogP contribution in [0.4, 0.5) is 0 Å². The third kappa shape index (κ3) is 1.47. The third-order valence-corrected chi connectivity index (χ3v) is 2.81. The second-order valence-corrected chi connectivity index (χ2v) is 3.35. The molecule has 0 saturated carbocycles. The fraction of sp³-hybridized carbons (Fsp3) is 0.600. The Morgan fingerprint density at radius 2 is 2.00 bits per heavy atom. The molecule has 1 aromatic heterocycles. The maximum Gasteiger partial charge on any atom is 0.0207 e. The topological polar surface area (TPSA) is 15.8 Å². The molecule has 0 atom stereocenters. The van der Waals surface area contributed by atoms with Crippen molar-refractivity contribution in [3.63, 3.8) is 0 Å². The number of hydrogen-bond acceptors (Lipinski definition) is 0. The standard InChI is InChI=1S/C10H17N/c1-4-10(3,5-2)9-7-6-8-11-9/h6-8,11H,4-5H2,1-3H3. The van der Waals surface area contributed by atoms with Gasteiger partial charge in [-0.2, -0.15) is 0 Å². The lowest BCUT2D eigenvalue weighted by Crippen LogP contribution is -2.19. The van der Waals surface area contributed by atoms with Gasteiger partial charge in [0.2, 0.25) is 0 Å². The molecule has 11 heavy (non-hydrogen) atoms. The first-order valence-corrected chi connectivity index (χ1v) is 4.37. The highest BCUT2D eigenvalue weighted by atomic mass is 14.7. The molecule has 0 aliphatic rings. The Kier molecular flexibility index (Phi) is 2.38. The maximum atomic E-state index is 3.28. The van der Waals surface area contributed by atoms with Crippen LogP contribution in [0.3, 0.4) is 0 Å². The highest BCUT2D eigenvalue weighted by Crippen LogP contribution is 2.28. The summed E-state index contributed by atoms with van der Waals surface area (Å²) < 4.78 is 0. The third-order valence-electron chi connectivity index (χ3n) is 2.81.